The first-order valence-electron chi connectivity index (χ1n) is 5.40. The summed E-state index contributed by atoms with van der Waals surface area (Å²) in [5, 5.41) is 3.38. The van der Waals surface area contributed by atoms with Crippen molar-refractivity contribution < 1.29 is 0 Å². The molecule has 0 saturated carbocycles. The molecule has 4 heteroatoms. The van der Waals surface area contributed by atoms with Crippen LogP contribution in [0.5, 0.6) is 0 Å². The fourth-order valence-corrected chi connectivity index (χ4v) is 2.18. The maximum absolute atomic E-state index is 4.36. The van der Waals surface area contributed by atoms with E-state index in [-0.39, 0.29) is 0 Å². The molecule has 1 aliphatic heterocycles. The van der Waals surface area contributed by atoms with Crippen LogP contribution in [0.3, 0.4) is 0 Å². The molecule has 0 bridgehead atoms. The molecular weight excluding hydrogens is 188 g/mol. The molecule has 3 heterocycles. The fourth-order valence-electron chi connectivity index (χ4n) is 2.18. The van der Waals surface area contributed by atoms with E-state index in [0.717, 1.165) is 36.7 Å². The Labute approximate surface area is 88.3 Å². The Hall–Kier alpha value is -1.42. The number of imidazole rings is 1. The van der Waals surface area contributed by atoms with Gasteiger partial charge < -0.3 is 9.88 Å². The molecule has 1 atom stereocenters. The van der Waals surface area contributed by atoms with Crippen LogP contribution in [-0.4, -0.2) is 27.6 Å². The fraction of sp³-hybridized carbons (Fsp3) is 0.455. The molecule has 1 saturated heterocycles. The molecule has 1 unspecified atom stereocenters. The van der Waals surface area contributed by atoms with E-state index in [1.165, 1.54) is 6.42 Å². The van der Waals surface area contributed by atoms with Gasteiger partial charge in [-0.2, -0.15) is 0 Å². The van der Waals surface area contributed by atoms with Crippen LogP contribution < -0.4 is 5.32 Å². The monoisotopic (exact) mass is 202 g/mol. The standard InChI is InChI=1S/C11H14N4/c1-2-10-11(13-4-1)15(8-14-10)7-9-3-5-12-6-9/h1-2,4,8-9,12H,3,5-7H2. The first-order valence-corrected chi connectivity index (χ1v) is 5.40. The highest BCUT2D eigenvalue weighted by Crippen LogP contribution is 2.14. The molecule has 0 aromatic carbocycles. The van der Waals surface area contributed by atoms with Gasteiger partial charge in [-0.15, -0.1) is 0 Å². The minimum Gasteiger partial charge on any atom is -0.316 e. The van der Waals surface area contributed by atoms with Gasteiger partial charge in [-0.3, -0.25) is 0 Å². The molecule has 4 nitrogen and oxygen atoms in total. The molecular formula is C11H14N4. The second kappa shape index (κ2) is 3.62. The highest BCUT2D eigenvalue weighted by molar-refractivity contribution is 5.69. The molecule has 15 heavy (non-hydrogen) atoms. The largest absolute Gasteiger partial charge is 0.316 e. The Bertz CT molecular complexity index is 456. The molecule has 3 rings (SSSR count). The molecule has 2 aromatic heterocycles. The topological polar surface area (TPSA) is 42.7 Å². The molecule has 78 valence electrons. The van der Waals surface area contributed by atoms with Gasteiger partial charge >= 0.3 is 0 Å². The third-order valence-corrected chi connectivity index (χ3v) is 2.99. The van der Waals surface area contributed by atoms with Gasteiger partial charge in [0, 0.05) is 12.7 Å². The second-order valence-corrected chi connectivity index (χ2v) is 4.10. The quantitative estimate of drug-likeness (QED) is 0.791. The lowest BCUT2D eigenvalue weighted by Crippen LogP contribution is -2.14. The predicted molar refractivity (Wildman–Crippen MR) is 58.5 cm³/mol. The van der Waals surface area contributed by atoms with E-state index < -0.39 is 0 Å². The van der Waals surface area contributed by atoms with Gasteiger partial charge in [0.25, 0.3) is 0 Å². The average Bonchev–Trinajstić information content (AvgIpc) is 2.89. The van der Waals surface area contributed by atoms with Crippen LogP contribution >= 0.6 is 0 Å². The number of pyridine rings is 1. The van der Waals surface area contributed by atoms with E-state index in [2.05, 4.69) is 19.9 Å². The minimum atomic E-state index is 0.726. The van der Waals surface area contributed by atoms with E-state index in [9.17, 15) is 0 Å². The van der Waals surface area contributed by atoms with Crippen molar-refractivity contribution in [2.45, 2.75) is 13.0 Å². The number of fused-ring (bicyclic) bond motifs is 1. The summed E-state index contributed by atoms with van der Waals surface area (Å²) in [4.78, 5) is 8.70. The number of aromatic nitrogens is 3. The van der Waals surface area contributed by atoms with Crippen LogP contribution in [0.25, 0.3) is 11.2 Å². The summed E-state index contributed by atoms with van der Waals surface area (Å²) in [7, 11) is 0. The lowest BCUT2D eigenvalue weighted by molar-refractivity contribution is 0.487. The summed E-state index contributed by atoms with van der Waals surface area (Å²) in [5.74, 6) is 0.726. The van der Waals surface area contributed by atoms with Crippen LogP contribution in [0, 0.1) is 5.92 Å². The Balaban J connectivity index is 1.90. The zero-order valence-corrected chi connectivity index (χ0v) is 8.56. The van der Waals surface area contributed by atoms with Gasteiger partial charge in [-0.25, -0.2) is 9.97 Å². The molecule has 0 spiro atoms. The summed E-state index contributed by atoms with van der Waals surface area (Å²) in [6.07, 6.45) is 4.98. The SMILES string of the molecule is c1cnc2c(c1)ncn2CC1CCNC1. The maximum atomic E-state index is 4.36. The maximum Gasteiger partial charge on any atom is 0.159 e. The predicted octanol–water partition coefficient (Wildman–Crippen LogP) is 1.04. The summed E-state index contributed by atoms with van der Waals surface area (Å²) >= 11 is 0. The van der Waals surface area contributed by atoms with Crippen LogP contribution in [0.15, 0.2) is 24.7 Å². The Morgan fingerprint density at radius 3 is 3.33 bits per heavy atom. The average molecular weight is 202 g/mol. The van der Waals surface area contributed by atoms with Crippen molar-refractivity contribution in [3.8, 4) is 0 Å². The zero-order chi connectivity index (χ0) is 10.1. The van der Waals surface area contributed by atoms with E-state index >= 15 is 0 Å². The smallest absolute Gasteiger partial charge is 0.159 e. The van der Waals surface area contributed by atoms with Crippen molar-refractivity contribution in [3.05, 3.63) is 24.7 Å². The van der Waals surface area contributed by atoms with Crippen LogP contribution in [0.2, 0.25) is 0 Å². The Morgan fingerprint density at radius 2 is 2.47 bits per heavy atom. The lowest BCUT2D eigenvalue weighted by Gasteiger charge is -2.09. The van der Waals surface area contributed by atoms with Gasteiger partial charge in [0.05, 0.1) is 6.33 Å². The molecule has 0 aliphatic carbocycles. The van der Waals surface area contributed by atoms with Crippen LogP contribution in [0.1, 0.15) is 6.42 Å². The summed E-state index contributed by atoms with van der Waals surface area (Å²) in [6, 6.07) is 3.93. The van der Waals surface area contributed by atoms with Crippen LogP contribution in [-0.2, 0) is 6.54 Å². The Kier molecular flexibility index (Phi) is 2.14. The summed E-state index contributed by atoms with van der Waals surface area (Å²) in [5.41, 5.74) is 1.99. The van der Waals surface area contributed by atoms with Crippen molar-refractivity contribution >= 4 is 11.2 Å². The molecule has 1 N–H and O–H groups in total. The van der Waals surface area contributed by atoms with Crippen molar-refractivity contribution in [2.75, 3.05) is 13.1 Å². The highest BCUT2D eigenvalue weighted by atomic mass is 15.1. The lowest BCUT2D eigenvalue weighted by atomic mass is 10.1. The van der Waals surface area contributed by atoms with Gasteiger partial charge in [-0.1, -0.05) is 0 Å². The number of nitrogens with zero attached hydrogens (tertiary/aromatic N) is 3. The van der Waals surface area contributed by atoms with Gasteiger partial charge in [0.1, 0.15) is 5.52 Å². The first-order chi connectivity index (χ1) is 7.43. The number of nitrogens with one attached hydrogen (secondary N) is 1. The Morgan fingerprint density at radius 1 is 1.47 bits per heavy atom. The first kappa shape index (κ1) is 8.85. The zero-order valence-electron chi connectivity index (χ0n) is 8.56. The highest BCUT2D eigenvalue weighted by Gasteiger charge is 2.15. The molecule has 2 aromatic rings. The number of rotatable bonds is 2. The number of hydrogen-bond donors (Lipinski definition) is 1. The van der Waals surface area contributed by atoms with Gasteiger partial charge in [0.15, 0.2) is 5.65 Å². The van der Waals surface area contributed by atoms with Crippen molar-refractivity contribution in [2.24, 2.45) is 5.92 Å². The van der Waals surface area contributed by atoms with Gasteiger partial charge in [-0.05, 0) is 37.6 Å². The van der Waals surface area contributed by atoms with Crippen molar-refractivity contribution in [1.29, 1.82) is 0 Å². The van der Waals surface area contributed by atoms with Crippen LogP contribution in [0.4, 0.5) is 0 Å². The van der Waals surface area contributed by atoms with E-state index in [1.807, 2.05) is 24.7 Å². The van der Waals surface area contributed by atoms with E-state index in [1.54, 1.807) is 0 Å². The molecule has 0 radical (unpaired) electrons. The third kappa shape index (κ3) is 1.61. The number of hydrogen-bond acceptors (Lipinski definition) is 3. The normalized spacial score (nSPS) is 21.2. The molecule has 1 fully saturated rings. The summed E-state index contributed by atoms with van der Waals surface area (Å²) < 4.78 is 2.16. The van der Waals surface area contributed by atoms with E-state index in [4.69, 9.17) is 0 Å². The van der Waals surface area contributed by atoms with Gasteiger partial charge in [0.2, 0.25) is 0 Å². The summed E-state index contributed by atoms with van der Waals surface area (Å²) in [6.45, 7) is 3.29. The van der Waals surface area contributed by atoms with Crippen molar-refractivity contribution in [3.63, 3.8) is 0 Å². The third-order valence-electron chi connectivity index (χ3n) is 2.99. The van der Waals surface area contributed by atoms with E-state index in [0.29, 0.717) is 0 Å². The van der Waals surface area contributed by atoms with Crippen molar-refractivity contribution in [1.82, 2.24) is 19.9 Å². The molecule has 0 amide bonds. The minimum absolute atomic E-state index is 0.726. The second-order valence-electron chi connectivity index (χ2n) is 4.10. The molecule has 1 aliphatic rings.